The molecule has 4 aromatic heterocycles. The average Bonchev–Trinajstić information content (AvgIpc) is 4.08. The molecule has 4 aliphatic rings. The van der Waals surface area contributed by atoms with Crippen LogP contribution in [0.5, 0.6) is 5.75 Å². The third-order valence-electron chi connectivity index (χ3n) is 14.3. The van der Waals surface area contributed by atoms with Gasteiger partial charge in [-0.3, -0.25) is 14.2 Å². The molecule has 3 aliphatic heterocycles. The molecule has 6 aromatic rings. The molecule has 1 saturated carbocycles. The van der Waals surface area contributed by atoms with Crippen molar-refractivity contribution in [2.75, 3.05) is 27.3 Å². The molecule has 4 amide bonds. The van der Waals surface area contributed by atoms with E-state index >= 15 is 4.39 Å². The molecule has 5 atom stereocenters. The standard InChI is InChI=1S/C52H60FN9O7S.4H2S/c1-27(2)44(58-51(65)67-5)48(63)60-19-7-9-38(60)46-54-25-35(56-46)30-14-17-37-32(21-30)23-40-43-34(53)22-31(24-41(43)69-50(62(37)40)42-18-16-33(70-42)15-13-29-11-12-29)36-26-55-47(57-36)39-10-8-20-61(39)49(64)45(28(3)4)59-52(66)68-6;;;;/h14,16-18,21-29,38-39,44-45,50H,7-13,15,19-20H2,1-6H3,(H,54,56)(H,55,57)(H,58,65)(H,59,66);4*1H2/t38-,39-,44-,45-,50?;;;;/m0..../s1. The van der Waals surface area contributed by atoms with Crippen LogP contribution in [0.1, 0.15) is 112 Å². The second-order valence-electron chi connectivity index (χ2n) is 19.7. The minimum Gasteiger partial charge on any atom is -0.464 e. The van der Waals surface area contributed by atoms with Crippen LogP contribution >= 0.6 is 65.3 Å². The summed E-state index contributed by atoms with van der Waals surface area (Å²) >= 11 is 1.73. The fourth-order valence-corrected chi connectivity index (χ4v) is 11.4. The van der Waals surface area contributed by atoms with Crippen LogP contribution in [0.15, 0.2) is 60.9 Å². The van der Waals surface area contributed by atoms with E-state index in [0.29, 0.717) is 59.4 Å². The first-order valence-corrected chi connectivity index (χ1v) is 25.3. The van der Waals surface area contributed by atoms with Gasteiger partial charge in [0.1, 0.15) is 35.3 Å². The number of methoxy groups -OCH3 is 2. The number of hydrogen-bond donors (Lipinski definition) is 4. The summed E-state index contributed by atoms with van der Waals surface area (Å²) in [5, 5.41) is 6.30. The maximum absolute atomic E-state index is 17.0. The molecular formula is C52H68FN9O7S5. The largest absolute Gasteiger partial charge is 0.464 e. The molecule has 0 bridgehead atoms. The fourth-order valence-electron chi connectivity index (χ4n) is 10.4. The van der Waals surface area contributed by atoms with Crippen molar-refractivity contribution in [3.63, 3.8) is 0 Å². The second-order valence-corrected chi connectivity index (χ2v) is 20.9. The molecule has 0 spiro atoms. The first-order valence-electron chi connectivity index (χ1n) is 24.4. The highest BCUT2D eigenvalue weighted by Crippen LogP contribution is 2.49. The zero-order valence-electron chi connectivity index (χ0n) is 42.3. The Bertz CT molecular complexity index is 2970. The Morgan fingerprint density at radius 2 is 1.32 bits per heavy atom. The zero-order valence-corrected chi connectivity index (χ0v) is 47.2. The van der Waals surface area contributed by atoms with Gasteiger partial charge in [-0.05, 0) is 98.7 Å². The van der Waals surface area contributed by atoms with Crippen LogP contribution in [0, 0.1) is 23.6 Å². The highest BCUT2D eigenvalue weighted by Gasteiger charge is 2.40. The molecule has 3 fully saturated rings. The van der Waals surface area contributed by atoms with Crippen molar-refractivity contribution < 1.29 is 37.8 Å². The molecule has 2 saturated heterocycles. The summed E-state index contributed by atoms with van der Waals surface area (Å²) in [6, 6.07) is 13.7. The van der Waals surface area contributed by atoms with Gasteiger partial charge in [0.25, 0.3) is 0 Å². The predicted octanol–water partition coefficient (Wildman–Crippen LogP) is 10.1. The smallest absolute Gasteiger partial charge is 0.407 e. The van der Waals surface area contributed by atoms with Crippen molar-refractivity contribution in [3.8, 4) is 39.5 Å². The highest BCUT2D eigenvalue weighted by atomic mass is 32.1. The van der Waals surface area contributed by atoms with E-state index < -0.39 is 36.3 Å². The van der Waals surface area contributed by atoms with Gasteiger partial charge in [-0.2, -0.15) is 54.0 Å². The van der Waals surface area contributed by atoms with Crippen molar-refractivity contribution in [2.45, 2.75) is 109 Å². The van der Waals surface area contributed by atoms with Gasteiger partial charge in [0.15, 0.2) is 0 Å². The number of imidazole rings is 2. The second kappa shape index (κ2) is 24.1. The summed E-state index contributed by atoms with van der Waals surface area (Å²) in [4.78, 5) is 74.2. The van der Waals surface area contributed by atoms with Crippen molar-refractivity contribution in [1.29, 1.82) is 0 Å². The van der Waals surface area contributed by atoms with Crippen molar-refractivity contribution in [1.82, 2.24) is 44.9 Å². The molecular weight excluding hydrogens is 1040 g/mol. The molecule has 2 aromatic carbocycles. The molecule has 7 heterocycles. The summed E-state index contributed by atoms with van der Waals surface area (Å²) in [5.41, 5.74) is 4.71. The van der Waals surface area contributed by atoms with Crippen LogP contribution in [0.4, 0.5) is 14.0 Å². The molecule has 400 valence electrons. The minimum absolute atomic E-state index is 0. The Balaban J connectivity index is 0.00000223. The maximum Gasteiger partial charge on any atom is 0.407 e. The Hall–Kier alpha value is -5.29. The van der Waals surface area contributed by atoms with E-state index in [1.807, 2.05) is 52.0 Å². The van der Waals surface area contributed by atoms with Gasteiger partial charge < -0.3 is 44.6 Å². The zero-order chi connectivity index (χ0) is 49.0. The summed E-state index contributed by atoms with van der Waals surface area (Å²) in [5.74, 6) is 1.29. The number of halogens is 1. The first-order chi connectivity index (χ1) is 33.8. The normalized spacial score (nSPS) is 18.5. The lowest BCUT2D eigenvalue weighted by Crippen LogP contribution is -2.51. The van der Waals surface area contributed by atoms with E-state index in [1.54, 1.807) is 33.5 Å². The summed E-state index contributed by atoms with van der Waals surface area (Å²) < 4.78 is 35.6. The van der Waals surface area contributed by atoms with E-state index in [-0.39, 0.29) is 89.7 Å². The van der Waals surface area contributed by atoms with Crippen LogP contribution in [0.25, 0.3) is 44.7 Å². The van der Waals surface area contributed by atoms with Crippen LogP contribution in [-0.2, 0) is 25.5 Å². The number of carbonyl (C=O) groups excluding carboxylic acids is 4. The summed E-state index contributed by atoms with van der Waals surface area (Å²) in [6.45, 7) is 8.59. The number of amides is 4. The Kier molecular flexibility index (Phi) is 18.9. The minimum atomic E-state index is -0.769. The maximum atomic E-state index is 17.0. The molecule has 4 N–H and O–H groups in total. The third kappa shape index (κ3) is 11.4. The summed E-state index contributed by atoms with van der Waals surface area (Å²) in [6.07, 6.45) is 9.30. The number of aryl methyl sites for hydroxylation is 1. The Morgan fingerprint density at radius 1 is 0.757 bits per heavy atom. The number of nitrogens with zero attached hydrogens (tertiary/aromatic N) is 5. The predicted molar refractivity (Wildman–Crippen MR) is 304 cm³/mol. The molecule has 0 radical (unpaired) electrons. The number of fused-ring (bicyclic) bond motifs is 5. The number of benzene rings is 2. The lowest BCUT2D eigenvalue weighted by atomic mass is 10.0. The summed E-state index contributed by atoms with van der Waals surface area (Å²) in [7, 11) is 2.55. The number of hydrogen-bond acceptors (Lipinski definition) is 10. The van der Waals surface area contributed by atoms with E-state index in [0.717, 1.165) is 58.6 Å². The van der Waals surface area contributed by atoms with Gasteiger partial charge in [-0.15, -0.1) is 11.3 Å². The number of thiophene rings is 1. The van der Waals surface area contributed by atoms with Crippen LogP contribution in [0.3, 0.4) is 0 Å². The van der Waals surface area contributed by atoms with E-state index in [1.165, 1.54) is 44.4 Å². The third-order valence-corrected chi connectivity index (χ3v) is 15.5. The van der Waals surface area contributed by atoms with Crippen LogP contribution in [-0.4, -0.2) is 97.7 Å². The Labute approximate surface area is 462 Å². The van der Waals surface area contributed by atoms with E-state index in [2.05, 4.69) is 43.4 Å². The lowest BCUT2D eigenvalue weighted by molar-refractivity contribution is -0.136. The molecule has 22 heteroatoms. The van der Waals surface area contributed by atoms with Crippen molar-refractivity contribution in [3.05, 3.63) is 88.1 Å². The van der Waals surface area contributed by atoms with Gasteiger partial charge in [0, 0.05) is 34.5 Å². The monoisotopic (exact) mass is 1110 g/mol. The van der Waals surface area contributed by atoms with Gasteiger partial charge in [0.05, 0.1) is 71.7 Å². The number of H-pyrrole nitrogens is 2. The number of nitrogens with one attached hydrogen (secondary N) is 4. The van der Waals surface area contributed by atoms with Gasteiger partial charge in [0.2, 0.25) is 18.0 Å². The number of aromatic amines is 2. The van der Waals surface area contributed by atoms with E-state index in [4.69, 9.17) is 24.2 Å². The SMILES string of the molecule is COC(=O)N[C@H](C(=O)N1CCC[C@H]1c1ncc(-c2cc(F)c3c(c2)OC(c2ccc(CCC4CC4)s2)n2c-3cc3cc(-c4cnc([C@@H]5CCCN5C(=O)[C@@H](NC(=O)OC)C(C)C)[nH]4)ccc32)[nH]1)C(C)C.S.S.S.S. The van der Waals surface area contributed by atoms with Crippen LogP contribution < -0.4 is 15.4 Å². The van der Waals surface area contributed by atoms with Crippen molar-refractivity contribution >= 4 is 100 Å². The molecule has 1 unspecified atom stereocenters. The van der Waals surface area contributed by atoms with E-state index in [9.17, 15) is 19.2 Å². The van der Waals surface area contributed by atoms with Gasteiger partial charge >= 0.3 is 12.2 Å². The molecule has 16 nitrogen and oxygen atoms in total. The first kappa shape index (κ1) is 58.0. The molecule has 1 aliphatic carbocycles. The number of rotatable bonds is 14. The number of carbonyl (C=O) groups is 4. The number of alkyl carbamates (subject to hydrolysis) is 2. The highest BCUT2D eigenvalue weighted by molar-refractivity contribution is 7.59. The molecule has 10 rings (SSSR count). The lowest BCUT2D eigenvalue weighted by Gasteiger charge is -2.30. The fraction of sp³-hybridized carbons (Fsp3) is 0.462. The molecule has 74 heavy (non-hydrogen) atoms. The van der Waals surface area contributed by atoms with Gasteiger partial charge in [-0.25, -0.2) is 23.9 Å². The topological polar surface area (TPSA) is 189 Å². The van der Waals surface area contributed by atoms with Crippen molar-refractivity contribution in [2.24, 2.45) is 17.8 Å². The van der Waals surface area contributed by atoms with Gasteiger partial charge in [-0.1, -0.05) is 46.6 Å². The number of aromatic nitrogens is 5. The van der Waals surface area contributed by atoms with Crippen LogP contribution in [0.2, 0.25) is 0 Å². The number of likely N-dealkylation sites (tertiary alicyclic amines) is 2. The average molecular weight is 1110 g/mol. The quantitative estimate of drug-likeness (QED) is 0.0823. The Morgan fingerprint density at radius 3 is 1.86 bits per heavy atom. The number of ether oxygens (including phenoxy) is 3.